The lowest BCUT2D eigenvalue weighted by molar-refractivity contribution is 0.654. The summed E-state index contributed by atoms with van der Waals surface area (Å²) >= 11 is 0. The van der Waals surface area contributed by atoms with E-state index in [0.717, 1.165) is 22.4 Å². The zero-order chi connectivity index (χ0) is 20.6. The van der Waals surface area contributed by atoms with Crippen molar-refractivity contribution in [3.63, 3.8) is 0 Å². The fourth-order valence-corrected chi connectivity index (χ4v) is 4.40. The van der Waals surface area contributed by atoms with Crippen molar-refractivity contribution in [1.29, 1.82) is 0 Å². The topological polar surface area (TPSA) is 26.0 Å². The van der Waals surface area contributed by atoms with Gasteiger partial charge < -0.3 is 5.73 Å². The van der Waals surface area contributed by atoms with Crippen LogP contribution in [0, 0.1) is 6.92 Å². The normalized spacial score (nSPS) is 15.0. The number of nitrogen functional groups attached to an aromatic ring is 1. The smallest absolute Gasteiger partial charge is 0.0393 e. The molecule has 144 valence electrons. The lowest BCUT2D eigenvalue weighted by Gasteiger charge is -2.22. The van der Waals surface area contributed by atoms with E-state index in [0.29, 0.717) is 0 Å². The Labute approximate surface area is 173 Å². The number of rotatable bonds is 4. The van der Waals surface area contributed by atoms with E-state index in [9.17, 15) is 0 Å². The van der Waals surface area contributed by atoms with Crippen LogP contribution >= 0.6 is 0 Å². The fourth-order valence-electron chi connectivity index (χ4n) is 4.40. The molecule has 29 heavy (non-hydrogen) atoms. The van der Waals surface area contributed by atoms with E-state index < -0.39 is 0 Å². The predicted octanol–water partition coefficient (Wildman–Crippen LogP) is 7.19. The van der Waals surface area contributed by atoms with Gasteiger partial charge in [0.15, 0.2) is 0 Å². The van der Waals surface area contributed by atoms with Crippen LogP contribution in [0.2, 0.25) is 0 Å². The van der Waals surface area contributed by atoms with E-state index >= 15 is 0 Å². The molecule has 0 amide bonds. The highest BCUT2D eigenvalue weighted by Crippen LogP contribution is 2.47. The van der Waals surface area contributed by atoms with Gasteiger partial charge in [0.05, 0.1) is 0 Å². The van der Waals surface area contributed by atoms with Crippen LogP contribution in [0.25, 0.3) is 22.8 Å². The van der Waals surface area contributed by atoms with Gasteiger partial charge in [0.1, 0.15) is 0 Å². The Morgan fingerprint density at radius 1 is 0.828 bits per heavy atom. The molecule has 0 aliphatic heterocycles. The maximum atomic E-state index is 6.29. The van der Waals surface area contributed by atoms with E-state index in [2.05, 4.69) is 88.0 Å². The predicted molar refractivity (Wildman–Crippen MR) is 127 cm³/mol. The van der Waals surface area contributed by atoms with Gasteiger partial charge in [-0.2, -0.15) is 0 Å². The molecule has 3 aromatic carbocycles. The number of allylic oxidation sites excluding steroid dienone is 4. The summed E-state index contributed by atoms with van der Waals surface area (Å²) in [6, 6.07) is 23.2. The summed E-state index contributed by atoms with van der Waals surface area (Å²) in [6.45, 7) is 10.8. The lowest BCUT2D eigenvalue weighted by Crippen LogP contribution is -2.15. The SMILES string of the molecule is C=CC1=C(/C=C\c2ccc(C)cc2-c2ccccc2N)c2ccccc2C1(C)C. The highest BCUT2D eigenvalue weighted by atomic mass is 14.6. The summed E-state index contributed by atoms with van der Waals surface area (Å²) in [5, 5.41) is 0. The zero-order valence-corrected chi connectivity index (χ0v) is 17.4. The Morgan fingerprint density at radius 3 is 2.24 bits per heavy atom. The molecule has 0 bridgehead atoms. The first kappa shape index (κ1) is 19.0. The zero-order valence-electron chi connectivity index (χ0n) is 17.4. The molecule has 0 aromatic heterocycles. The molecular weight excluding hydrogens is 350 g/mol. The number of anilines is 1. The molecule has 0 atom stereocenters. The summed E-state index contributed by atoms with van der Waals surface area (Å²) in [5.41, 5.74) is 16.8. The van der Waals surface area contributed by atoms with Crippen molar-refractivity contribution in [1.82, 2.24) is 0 Å². The van der Waals surface area contributed by atoms with Crippen LogP contribution in [0.1, 0.15) is 36.1 Å². The molecule has 1 heteroatoms. The van der Waals surface area contributed by atoms with Crippen LogP contribution in [0.3, 0.4) is 0 Å². The van der Waals surface area contributed by atoms with Crippen LogP contribution in [-0.4, -0.2) is 0 Å². The largest absolute Gasteiger partial charge is 0.398 e. The van der Waals surface area contributed by atoms with E-state index in [1.165, 1.54) is 27.8 Å². The standard InChI is InChI=1S/C28H27N/c1-5-25-22(21-10-6-8-12-26(21)28(25,3)4)17-16-20-15-14-19(2)18-24(20)23-11-7-9-13-27(23)29/h5-18H,1,29H2,2-4H3/b17-16-. The second kappa shape index (κ2) is 7.25. The van der Waals surface area contributed by atoms with E-state index in [-0.39, 0.29) is 5.41 Å². The van der Waals surface area contributed by atoms with Gasteiger partial charge in [-0.3, -0.25) is 0 Å². The minimum atomic E-state index is -0.0437. The van der Waals surface area contributed by atoms with Gasteiger partial charge in [-0.15, -0.1) is 0 Å². The number of fused-ring (bicyclic) bond motifs is 1. The van der Waals surface area contributed by atoms with Crippen LogP contribution in [0.15, 0.2) is 91.0 Å². The van der Waals surface area contributed by atoms with E-state index in [1.54, 1.807) is 0 Å². The van der Waals surface area contributed by atoms with Gasteiger partial charge in [-0.05, 0) is 46.4 Å². The van der Waals surface area contributed by atoms with Gasteiger partial charge in [0.2, 0.25) is 0 Å². The first-order chi connectivity index (χ1) is 13.9. The third-order valence-corrected chi connectivity index (χ3v) is 5.95. The Balaban J connectivity index is 1.85. The van der Waals surface area contributed by atoms with Crippen LogP contribution < -0.4 is 5.73 Å². The minimum absolute atomic E-state index is 0.0437. The summed E-state index contributed by atoms with van der Waals surface area (Å²) in [7, 11) is 0. The summed E-state index contributed by atoms with van der Waals surface area (Å²) in [5.74, 6) is 0. The molecule has 1 aliphatic carbocycles. The first-order valence-electron chi connectivity index (χ1n) is 10.0. The number of hydrogen-bond acceptors (Lipinski definition) is 1. The number of nitrogens with two attached hydrogens (primary N) is 1. The average Bonchev–Trinajstić information content (AvgIpc) is 2.94. The summed E-state index contributed by atoms with van der Waals surface area (Å²) in [4.78, 5) is 0. The van der Waals surface area contributed by atoms with Gasteiger partial charge in [-0.25, -0.2) is 0 Å². The lowest BCUT2D eigenvalue weighted by atomic mass is 9.81. The number of aryl methyl sites for hydroxylation is 1. The van der Waals surface area contributed by atoms with Gasteiger partial charge in [0, 0.05) is 16.7 Å². The molecule has 4 rings (SSSR count). The van der Waals surface area contributed by atoms with Crippen LogP contribution in [0.5, 0.6) is 0 Å². The quantitative estimate of drug-likeness (QED) is 0.478. The van der Waals surface area contributed by atoms with Crippen molar-refractivity contribution in [3.05, 3.63) is 113 Å². The van der Waals surface area contributed by atoms with E-state index in [4.69, 9.17) is 5.73 Å². The monoisotopic (exact) mass is 377 g/mol. The van der Waals surface area contributed by atoms with Crippen molar-refractivity contribution in [2.24, 2.45) is 0 Å². The maximum Gasteiger partial charge on any atom is 0.0393 e. The van der Waals surface area contributed by atoms with Crippen molar-refractivity contribution >= 4 is 17.3 Å². The number of benzene rings is 3. The Bertz CT molecular complexity index is 1160. The van der Waals surface area contributed by atoms with Gasteiger partial charge >= 0.3 is 0 Å². The van der Waals surface area contributed by atoms with Gasteiger partial charge in [-0.1, -0.05) is 105 Å². The highest BCUT2D eigenvalue weighted by Gasteiger charge is 2.34. The third kappa shape index (κ3) is 3.23. The number of hydrogen-bond donors (Lipinski definition) is 1. The maximum absolute atomic E-state index is 6.29. The molecule has 2 N–H and O–H groups in total. The Hall–Kier alpha value is -3.32. The highest BCUT2D eigenvalue weighted by molar-refractivity contribution is 5.92. The Morgan fingerprint density at radius 2 is 1.52 bits per heavy atom. The van der Waals surface area contributed by atoms with Gasteiger partial charge in [0.25, 0.3) is 0 Å². The fraction of sp³-hybridized carbons (Fsp3) is 0.143. The molecule has 3 aromatic rings. The minimum Gasteiger partial charge on any atom is -0.398 e. The molecule has 0 fully saturated rings. The van der Waals surface area contributed by atoms with Crippen LogP contribution in [-0.2, 0) is 5.41 Å². The van der Waals surface area contributed by atoms with Crippen molar-refractivity contribution in [2.45, 2.75) is 26.2 Å². The van der Waals surface area contributed by atoms with Crippen molar-refractivity contribution in [2.75, 3.05) is 5.73 Å². The molecule has 0 saturated carbocycles. The van der Waals surface area contributed by atoms with Crippen molar-refractivity contribution in [3.8, 4) is 11.1 Å². The summed E-state index contributed by atoms with van der Waals surface area (Å²) < 4.78 is 0. The van der Waals surface area contributed by atoms with Crippen LogP contribution in [0.4, 0.5) is 5.69 Å². The second-order valence-electron chi connectivity index (χ2n) is 8.21. The number of para-hydroxylation sites is 1. The molecule has 0 saturated heterocycles. The van der Waals surface area contributed by atoms with E-state index in [1.807, 2.05) is 24.3 Å². The summed E-state index contributed by atoms with van der Waals surface area (Å²) in [6.07, 6.45) is 6.45. The molecule has 1 nitrogen and oxygen atoms in total. The molecular formula is C28H27N. The molecule has 0 unspecified atom stereocenters. The molecule has 1 aliphatic rings. The first-order valence-corrected chi connectivity index (χ1v) is 10.0. The molecule has 0 heterocycles. The third-order valence-electron chi connectivity index (χ3n) is 5.95. The van der Waals surface area contributed by atoms with Crippen molar-refractivity contribution < 1.29 is 0 Å². The molecule has 0 spiro atoms. The average molecular weight is 378 g/mol. The molecule has 0 radical (unpaired) electrons. The second-order valence-corrected chi connectivity index (χ2v) is 8.21. The Kier molecular flexibility index (Phi) is 4.76.